The SMILES string of the molecule is Cc1cc(=O)c(C(=O)N2C[C@@H]3CC[C@H]2CN(C(=O)c2ccncc2)C3)c[nH]1. The molecule has 3 fully saturated rings. The standard InChI is InChI=1S/C20H22N4O3/c1-13-8-18(25)17(9-22-13)20(27)24-11-14-2-3-16(24)12-23(10-14)19(26)15-4-6-21-7-5-15/h4-9,14,16H,2-3,10-12H2,1H3,(H,22,25)/t14-,16+/m1/s1. The van der Waals surface area contributed by atoms with Crippen LogP contribution in [-0.2, 0) is 0 Å². The molecule has 2 atom stereocenters. The average molecular weight is 366 g/mol. The largest absolute Gasteiger partial charge is 0.364 e. The Morgan fingerprint density at radius 2 is 1.89 bits per heavy atom. The van der Waals surface area contributed by atoms with Crippen molar-refractivity contribution in [3.63, 3.8) is 0 Å². The minimum Gasteiger partial charge on any atom is -0.364 e. The molecule has 1 N–H and O–H groups in total. The molecule has 0 saturated carbocycles. The van der Waals surface area contributed by atoms with E-state index in [0.717, 1.165) is 18.5 Å². The topological polar surface area (TPSA) is 86.4 Å². The number of pyridine rings is 2. The van der Waals surface area contributed by atoms with Crippen molar-refractivity contribution < 1.29 is 9.59 Å². The molecule has 27 heavy (non-hydrogen) atoms. The van der Waals surface area contributed by atoms with Gasteiger partial charge in [0.05, 0.1) is 0 Å². The average Bonchev–Trinajstić information content (AvgIpc) is 2.99. The highest BCUT2D eigenvalue weighted by Crippen LogP contribution is 2.29. The summed E-state index contributed by atoms with van der Waals surface area (Å²) in [6.45, 7) is 3.49. The van der Waals surface area contributed by atoms with Crippen LogP contribution in [0.2, 0.25) is 0 Å². The molecule has 2 aromatic heterocycles. The number of hydrogen-bond acceptors (Lipinski definition) is 4. The molecule has 0 spiro atoms. The van der Waals surface area contributed by atoms with Crippen molar-refractivity contribution in [1.82, 2.24) is 19.8 Å². The summed E-state index contributed by atoms with van der Waals surface area (Å²) in [6.07, 6.45) is 6.55. The summed E-state index contributed by atoms with van der Waals surface area (Å²) in [5, 5.41) is 0. The molecular weight excluding hydrogens is 344 g/mol. The van der Waals surface area contributed by atoms with E-state index in [1.807, 2.05) is 4.90 Å². The van der Waals surface area contributed by atoms with Gasteiger partial charge in [-0.25, -0.2) is 0 Å². The van der Waals surface area contributed by atoms with Gasteiger partial charge < -0.3 is 14.8 Å². The summed E-state index contributed by atoms with van der Waals surface area (Å²) in [7, 11) is 0. The summed E-state index contributed by atoms with van der Waals surface area (Å²) in [4.78, 5) is 48.6. The molecule has 2 amide bonds. The monoisotopic (exact) mass is 366 g/mol. The number of hydrogen-bond donors (Lipinski definition) is 1. The molecule has 7 heteroatoms. The van der Waals surface area contributed by atoms with Crippen molar-refractivity contribution in [2.24, 2.45) is 5.92 Å². The Balaban J connectivity index is 1.57. The summed E-state index contributed by atoms with van der Waals surface area (Å²) in [5.41, 5.74) is 1.24. The van der Waals surface area contributed by atoms with Crippen molar-refractivity contribution in [1.29, 1.82) is 0 Å². The van der Waals surface area contributed by atoms with E-state index in [0.29, 0.717) is 25.2 Å². The molecular formula is C20H22N4O3. The molecule has 0 radical (unpaired) electrons. The lowest BCUT2D eigenvalue weighted by atomic mass is 9.94. The Morgan fingerprint density at radius 1 is 1.11 bits per heavy atom. The van der Waals surface area contributed by atoms with Crippen molar-refractivity contribution >= 4 is 11.8 Å². The van der Waals surface area contributed by atoms with E-state index in [4.69, 9.17) is 0 Å². The van der Waals surface area contributed by atoms with E-state index in [1.54, 1.807) is 36.4 Å². The van der Waals surface area contributed by atoms with Gasteiger partial charge in [0.25, 0.3) is 11.8 Å². The van der Waals surface area contributed by atoms with Crippen LogP contribution in [0.15, 0.2) is 41.6 Å². The van der Waals surface area contributed by atoms with Crippen molar-refractivity contribution in [2.45, 2.75) is 25.8 Å². The van der Waals surface area contributed by atoms with Gasteiger partial charge >= 0.3 is 0 Å². The predicted octanol–water partition coefficient (Wildman–Crippen LogP) is 1.46. The summed E-state index contributed by atoms with van der Waals surface area (Å²) in [6, 6.07) is 4.80. The fraction of sp³-hybridized carbons (Fsp3) is 0.400. The highest BCUT2D eigenvalue weighted by Gasteiger charge is 2.39. The molecule has 0 aromatic carbocycles. The second-order valence-corrected chi connectivity index (χ2v) is 7.39. The zero-order valence-electron chi connectivity index (χ0n) is 15.2. The lowest BCUT2D eigenvalue weighted by Crippen LogP contribution is -2.48. The van der Waals surface area contributed by atoms with Crippen LogP contribution in [0.1, 0.15) is 39.3 Å². The molecule has 0 unspecified atom stereocenters. The molecule has 5 rings (SSSR count). The van der Waals surface area contributed by atoms with Crippen LogP contribution in [-0.4, -0.2) is 57.3 Å². The zero-order chi connectivity index (χ0) is 19.0. The number of fused-ring (bicyclic) bond motifs is 4. The van der Waals surface area contributed by atoms with E-state index in [-0.39, 0.29) is 34.8 Å². The third-order valence-corrected chi connectivity index (χ3v) is 5.48. The summed E-state index contributed by atoms with van der Waals surface area (Å²) >= 11 is 0. The maximum Gasteiger partial charge on any atom is 0.259 e. The molecule has 7 nitrogen and oxygen atoms in total. The predicted molar refractivity (Wildman–Crippen MR) is 99.5 cm³/mol. The molecule has 2 bridgehead atoms. The fourth-order valence-electron chi connectivity index (χ4n) is 4.07. The van der Waals surface area contributed by atoms with Crippen LogP contribution in [0.5, 0.6) is 0 Å². The minimum atomic E-state index is -0.263. The Hall–Kier alpha value is -2.96. The summed E-state index contributed by atoms with van der Waals surface area (Å²) in [5.74, 6) is -0.0519. The van der Waals surface area contributed by atoms with E-state index >= 15 is 0 Å². The van der Waals surface area contributed by atoms with Gasteiger partial charge in [0.2, 0.25) is 0 Å². The number of aromatic amines is 1. The third kappa shape index (κ3) is 3.37. The van der Waals surface area contributed by atoms with Crippen LogP contribution < -0.4 is 5.43 Å². The quantitative estimate of drug-likeness (QED) is 0.872. The molecule has 140 valence electrons. The van der Waals surface area contributed by atoms with Gasteiger partial charge in [-0.3, -0.25) is 19.4 Å². The normalized spacial score (nSPS) is 21.8. The Morgan fingerprint density at radius 3 is 2.63 bits per heavy atom. The van der Waals surface area contributed by atoms with Crippen LogP contribution in [0, 0.1) is 12.8 Å². The Labute approximate surface area is 157 Å². The first-order valence-electron chi connectivity index (χ1n) is 9.22. The molecule has 3 saturated heterocycles. The number of rotatable bonds is 2. The zero-order valence-corrected chi connectivity index (χ0v) is 15.2. The first kappa shape index (κ1) is 17.5. The third-order valence-electron chi connectivity index (χ3n) is 5.48. The van der Waals surface area contributed by atoms with Gasteiger partial charge in [-0.1, -0.05) is 0 Å². The number of amides is 2. The lowest BCUT2D eigenvalue weighted by Gasteiger charge is -2.36. The number of nitrogens with zero attached hydrogens (tertiary/aromatic N) is 3. The number of nitrogens with one attached hydrogen (secondary N) is 1. The summed E-state index contributed by atoms with van der Waals surface area (Å²) < 4.78 is 0. The van der Waals surface area contributed by atoms with Crippen LogP contribution >= 0.6 is 0 Å². The van der Waals surface area contributed by atoms with Crippen molar-refractivity contribution in [3.8, 4) is 0 Å². The number of aryl methyl sites for hydroxylation is 1. The van der Waals surface area contributed by atoms with Gasteiger partial charge in [-0.05, 0) is 37.8 Å². The fourth-order valence-corrected chi connectivity index (χ4v) is 4.07. The number of aromatic nitrogens is 2. The second-order valence-electron chi connectivity index (χ2n) is 7.39. The molecule has 0 aliphatic carbocycles. The lowest BCUT2D eigenvalue weighted by molar-refractivity contribution is 0.0573. The number of carbonyl (C=O) groups excluding carboxylic acids is 2. The first-order chi connectivity index (χ1) is 13.0. The maximum absolute atomic E-state index is 13.0. The van der Waals surface area contributed by atoms with E-state index < -0.39 is 0 Å². The van der Waals surface area contributed by atoms with E-state index in [2.05, 4.69) is 9.97 Å². The van der Waals surface area contributed by atoms with Crippen molar-refractivity contribution in [3.05, 3.63) is 63.8 Å². The van der Waals surface area contributed by atoms with Gasteiger partial charge in [-0.2, -0.15) is 0 Å². The minimum absolute atomic E-state index is 0.0308. The molecule has 3 aliphatic heterocycles. The first-order valence-corrected chi connectivity index (χ1v) is 9.22. The maximum atomic E-state index is 13.0. The molecule has 2 aromatic rings. The number of piperidine rings is 1. The van der Waals surface area contributed by atoms with Gasteiger partial charge in [0, 0.05) is 61.6 Å². The number of H-pyrrole nitrogens is 1. The molecule has 5 heterocycles. The second kappa shape index (κ2) is 6.98. The molecule has 3 aliphatic rings. The Kier molecular flexibility index (Phi) is 4.51. The van der Waals surface area contributed by atoms with Crippen LogP contribution in [0.25, 0.3) is 0 Å². The van der Waals surface area contributed by atoms with Gasteiger partial charge in [0.15, 0.2) is 5.43 Å². The van der Waals surface area contributed by atoms with Crippen LogP contribution in [0.3, 0.4) is 0 Å². The number of carbonyl (C=O) groups is 2. The van der Waals surface area contributed by atoms with E-state index in [9.17, 15) is 14.4 Å². The Bertz CT molecular complexity index is 924. The van der Waals surface area contributed by atoms with Crippen LogP contribution in [0.4, 0.5) is 0 Å². The highest BCUT2D eigenvalue weighted by atomic mass is 16.2. The highest BCUT2D eigenvalue weighted by molar-refractivity contribution is 5.95. The smallest absolute Gasteiger partial charge is 0.259 e. The van der Waals surface area contributed by atoms with Crippen molar-refractivity contribution in [2.75, 3.05) is 19.6 Å². The van der Waals surface area contributed by atoms with E-state index in [1.165, 1.54) is 12.3 Å². The van der Waals surface area contributed by atoms with Gasteiger partial charge in [0.1, 0.15) is 5.56 Å². The van der Waals surface area contributed by atoms with Gasteiger partial charge in [-0.15, -0.1) is 0 Å².